The van der Waals surface area contributed by atoms with Gasteiger partial charge in [0, 0.05) is 23.7 Å². The Kier molecular flexibility index (Phi) is 6.07. The van der Waals surface area contributed by atoms with Gasteiger partial charge in [0.1, 0.15) is 17.2 Å². The lowest BCUT2D eigenvalue weighted by atomic mass is 10.1. The van der Waals surface area contributed by atoms with Crippen molar-refractivity contribution >= 4 is 16.8 Å². The highest BCUT2D eigenvalue weighted by atomic mass is 16.5. The third kappa shape index (κ3) is 4.34. The van der Waals surface area contributed by atoms with E-state index >= 15 is 0 Å². The molecule has 7 heteroatoms. The van der Waals surface area contributed by atoms with Crippen molar-refractivity contribution in [3.05, 3.63) is 48.2 Å². The number of carbonyl (C=O) groups excluding carboxylic acids is 1. The van der Waals surface area contributed by atoms with Gasteiger partial charge < -0.3 is 24.3 Å². The maximum Gasteiger partial charge on any atom is 0.255 e. The van der Waals surface area contributed by atoms with E-state index in [1.165, 1.54) is 0 Å². The van der Waals surface area contributed by atoms with Crippen molar-refractivity contribution in [1.29, 1.82) is 0 Å². The predicted molar refractivity (Wildman–Crippen MR) is 111 cm³/mol. The van der Waals surface area contributed by atoms with Gasteiger partial charge in [0.25, 0.3) is 5.91 Å². The minimum absolute atomic E-state index is 0.0139. The first kappa shape index (κ1) is 20.3. The van der Waals surface area contributed by atoms with E-state index in [2.05, 4.69) is 10.3 Å². The van der Waals surface area contributed by atoms with Crippen LogP contribution in [-0.2, 0) is 0 Å². The quantitative estimate of drug-likeness (QED) is 0.645. The van der Waals surface area contributed by atoms with Crippen LogP contribution in [-0.4, -0.2) is 38.3 Å². The molecule has 3 aromatic rings. The van der Waals surface area contributed by atoms with Crippen LogP contribution in [0.3, 0.4) is 0 Å². The predicted octanol–water partition coefficient (Wildman–Crippen LogP) is 4.19. The zero-order valence-electron chi connectivity index (χ0n) is 17.1. The maximum atomic E-state index is 12.7. The molecule has 0 bridgehead atoms. The average molecular weight is 396 g/mol. The molecule has 1 N–H and O–H groups in total. The molecular formula is C22H24N2O5. The van der Waals surface area contributed by atoms with Crippen LogP contribution in [0.5, 0.6) is 28.7 Å². The van der Waals surface area contributed by atoms with Crippen LogP contribution < -0.4 is 24.3 Å². The molecule has 0 aliphatic heterocycles. The Morgan fingerprint density at radius 3 is 2.28 bits per heavy atom. The van der Waals surface area contributed by atoms with Gasteiger partial charge in [-0.15, -0.1) is 0 Å². The monoisotopic (exact) mass is 396 g/mol. The third-order valence-corrected chi connectivity index (χ3v) is 4.28. The summed E-state index contributed by atoms with van der Waals surface area (Å²) in [6, 6.07) is 10.4. The minimum atomic E-state index is -0.244. The second-order valence-electron chi connectivity index (χ2n) is 6.63. The van der Waals surface area contributed by atoms with Gasteiger partial charge >= 0.3 is 0 Å². The first-order valence-corrected chi connectivity index (χ1v) is 9.14. The van der Waals surface area contributed by atoms with E-state index in [1.54, 1.807) is 63.9 Å². The molecule has 1 heterocycles. The molecule has 0 spiro atoms. The largest absolute Gasteiger partial charge is 0.497 e. The number of hydrogen-bond donors (Lipinski definition) is 1. The molecule has 0 saturated carbocycles. The number of aromatic nitrogens is 1. The number of rotatable bonds is 7. The standard InChI is InChI=1S/C22H24N2O5/c1-13(2)24-22(25)16-10-14(26-3)6-7-18(16)29-19-8-9-23-17-12-21(28-5)20(27-4)11-15(17)19/h6-13H,1-5H3,(H,24,25). The highest BCUT2D eigenvalue weighted by molar-refractivity contribution is 5.98. The first-order valence-electron chi connectivity index (χ1n) is 9.14. The summed E-state index contributed by atoms with van der Waals surface area (Å²) in [7, 11) is 4.69. The van der Waals surface area contributed by atoms with Gasteiger partial charge in [-0.1, -0.05) is 0 Å². The van der Waals surface area contributed by atoms with Crippen LogP contribution in [0.15, 0.2) is 42.6 Å². The highest BCUT2D eigenvalue weighted by Crippen LogP contribution is 2.38. The van der Waals surface area contributed by atoms with E-state index in [0.717, 1.165) is 5.39 Å². The van der Waals surface area contributed by atoms with Gasteiger partial charge in [-0.25, -0.2) is 0 Å². The van der Waals surface area contributed by atoms with E-state index in [-0.39, 0.29) is 11.9 Å². The summed E-state index contributed by atoms with van der Waals surface area (Å²) in [5.74, 6) is 2.41. The van der Waals surface area contributed by atoms with Crippen molar-refractivity contribution in [2.24, 2.45) is 0 Å². The Balaban J connectivity index is 2.07. The lowest BCUT2D eigenvalue weighted by Gasteiger charge is -2.16. The Hall–Kier alpha value is -3.48. The number of amides is 1. The van der Waals surface area contributed by atoms with E-state index in [0.29, 0.717) is 39.8 Å². The van der Waals surface area contributed by atoms with E-state index in [4.69, 9.17) is 18.9 Å². The molecule has 0 aliphatic rings. The summed E-state index contributed by atoms with van der Waals surface area (Å²) in [5, 5.41) is 3.62. The summed E-state index contributed by atoms with van der Waals surface area (Å²) in [4.78, 5) is 17.1. The normalized spacial score (nSPS) is 10.7. The average Bonchev–Trinajstić information content (AvgIpc) is 2.72. The fourth-order valence-corrected chi connectivity index (χ4v) is 2.90. The number of pyridine rings is 1. The second-order valence-corrected chi connectivity index (χ2v) is 6.63. The van der Waals surface area contributed by atoms with Crippen LogP contribution in [0.4, 0.5) is 0 Å². The molecule has 0 fully saturated rings. The van der Waals surface area contributed by atoms with Crippen LogP contribution in [0, 0.1) is 0 Å². The second kappa shape index (κ2) is 8.68. The number of methoxy groups -OCH3 is 3. The van der Waals surface area contributed by atoms with Crippen molar-refractivity contribution in [3.63, 3.8) is 0 Å². The molecule has 0 aliphatic carbocycles. The van der Waals surface area contributed by atoms with E-state index < -0.39 is 0 Å². The molecule has 3 rings (SSSR count). The molecule has 0 atom stereocenters. The number of nitrogens with one attached hydrogen (secondary N) is 1. The fourth-order valence-electron chi connectivity index (χ4n) is 2.90. The number of hydrogen-bond acceptors (Lipinski definition) is 6. The van der Waals surface area contributed by atoms with Crippen molar-refractivity contribution < 1.29 is 23.7 Å². The first-order chi connectivity index (χ1) is 14.0. The number of fused-ring (bicyclic) bond motifs is 1. The summed E-state index contributed by atoms with van der Waals surface area (Å²) in [6.45, 7) is 3.79. The number of nitrogens with zero attached hydrogens (tertiary/aromatic N) is 1. The van der Waals surface area contributed by atoms with Crippen molar-refractivity contribution in [1.82, 2.24) is 10.3 Å². The Morgan fingerprint density at radius 2 is 1.62 bits per heavy atom. The SMILES string of the molecule is COc1ccc(Oc2ccnc3cc(OC)c(OC)cc23)c(C(=O)NC(C)C)c1. The van der Waals surface area contributed by atoms with E-state index in [9.17, 15) is 4.79 Å². The number of carbonyl (C=O) groups is 1. The van der Waals surface area contributed by atoms with Crippen LogP contribution in [0.25, 0.3) is 10.9 Å². The lowest BCUT2D eigenvalue weighted by Crippen LogP contribution is -2.30. The summed E-state index contributed by atoms with van der Waals surface area (Å²) >= 11 is 0. The van der Waals surface area contributed by atoms with Crippen LogP contribution >= 0.6 is 0 Å². The van der Waals surface area contributed by atoms with Gasteiger partial charge in [-0.05, 0) is 44.2 Å². The Bertz CT molecular complexity index is 1030. The number of ether oxygens (including phenoxy) is 4. The smallest absolute Gasteiger partial charge is 0.255 e. The van der Waals surface area contributed by atoms with Crippen LogP contribution in [0.2, 0.25) is 0 Å². The van der Waals surface area contributed by atoms with Gasteiger partial charge in [0.05, 0.1) is 32.4 Å². The summed E-state index contributed by atoms with van der Waals surface area (Å²) in [5.41, 5.74) is 1.06. The Morgan fingerprint density at radius 1 is 0.897 bits per heavy atom. The minimum Gasteiger partial charge on any atom is -0.497 e. The Labute approximate surface area is 169 Å². The summed E-state index contributed by atoms with van der Waals surface area (Å²) < 4.78 is 22.1. The molecule has 0 unspecified atom stereocenters. The van der Waals surface area contributed by atoms with Gasteiger partial charge in [0.15, 0.2) is 11.5 Å². The van der Waals surface area contributed by atoms with Crippen molar-refractivity contribution in [2.75, 3.05) is 21.3 Å². The van der Waals surface area contributed by atoms with Crippen molar-refractivity contribution in [2.45, 2.75) is 19.9 Å². The van der Waals surface area contributed by atoms with Crippen molar-refractivity contribution in [3.8, 4) is 28.7 Å². The third-order valence-electron chi connectivity index (χ3n) is 4.28. The molecule has 29 heavy (non-hydrogen) atoms. The molecule has 1 aromatic heterocycles. The maximum absolute atomic E-state index is 12.7. The lowest BCUT2D eigenvalue weighted by molar-refractivity contribution is 0.0940. The highest BCUT2D eigenvalue weighted by Gasteiger charge is 2.17. The molecule has 0 saturated heterocycles. The molecular weight excluding hydrogens is 372 g/mol. The zero-order chi connectivity index (χ0) is 21.0. The molecule has 7 nitrogen and oxygen atoms in total. The molecule has 1 amide bonds. The molecule has 0 radical (unpaired) electrons. The van der Waals surface area contributed by atoms with Crippen LogP contribution in [0.1, 0.15) is 24.2 Å². The topological polar surface area (TPSA) is 78.9 Å². The summed E-state index contributed by atoms with van der Waals surface area (Å²) in [6.07, 6.45) is 1.64. The fraction of sp³-hybridized carbons (Fsp3) is 0.273. The number of benzene rings is 2. The van der Waals surface area contributed by atoms with Gasteiger partial charge in [0.2, 0.25) is 0 Å². The van der Waals surface area contributed by atoms with Gasteiger partial charge in [-0.3, -0.25) is 9.78 Å². The molecule has 2 aromatic carbocycles. The molecule has 152 valence electrons. The van der Waals surface area contributed by atoms with Gasteiger partial charge in [-0.2, -0.15) is 0 Å². The zero-order valence-corrected chi connectivity index (χ0v) is 17.1. The van der Waals surface area contributed by atoms with E-state index in [1.807, 2.05) is 13.8 Å².